The fourth-order valence-corrected chi connectivity index (χ4v) is 1.03. The number of rotatable bonds is 3. The minimum Gasteiger partial charge on any atom is -0.384 e. The van der Waals surface area contributed by atoms with E-state index in [0.29, 0.717) is 12.4 Å². The highest BCUT2D eigenvalue weighted by molar-refractivity contribution is 5.54. The van der Waals surface area contributed by atoms with Gasteiger partial charge in [-0.3, -0.25) is 0 Å². The molecule has 0 fully saturated rings. The molecule has 1 rings (SSSR count). The second-order valence-corrected chi connectivity index (χ2v) is 2.78. The highest BCUT2D eigenvalue weighted by atomic mass is 15.1. The molecule has 72 valence electrons. The number of anilines is 1. The maximum Gasteiger partial charge on any atom is 0.123 e. The first-order valence-corrected chi connectivity index (χ1v) is 4.13. The van der Waals surface area contributed by atoms with Crippen LogP contribution in [0.15, 0.2) is 23.5 Å². The van der Waals surface area contributed by atoms with E-state index in [4.69, 9.17) is 11.3 Å². The first-order chi connectivity index (χ1) is 6.74. The second-order valence-electron chi connectivity index (χ2n) is 2.78. The largest absolute Gasteiger partial charge is 0.384 e. The Bertz CT molecular complexity index is 390. The van der Waals surface area contributed by atoms with E-state index >= 15 is 0 Å². The maximum absolute atomic E-state index is 8.05. The van der Waals surface area contributed by atoms with Crippen molar-refractivity contribution in [1.29, 1.82) is 0 Å². The molecule has 0 saturated carbocycles. The molecule has 0 bridgehead atoms. The molecule has 0 atom stereocenters. The van der Waals surface area contributed by atoms with Crippen LogP contribution >= 0.6 is 0 Å². The summed E-state index contributed by atoms with van der Waals surface area (Å²) >= 11 is 0. The molecule has 0 unspecified atom stereocenters. The molecular weight excluding hydrogens is 178 g/mol. The molecule has 0 saturated heterocycles. The Kier molecular flexibility index (Phi) is 3.52. The smallest absolute Gasteiger partial charge is 0.123 e. The molecule has 2 N–H and O–H groups in total. The number of pyridine rings is 1. The minimum atomic E-state index is 0.348. The van der Waals surface area contributed by atoms with Gasteiger partial charge in [0, 0.05) is 17.7 Å². The number of nitrogens with two attached hydrogens (primary N) is 1. The Morgan fingerprint density at radius 3 is 3.14 bits per heavy atom. The summed E-state index contributed by atoms with van der Waals surface area (Å²) in [6, 6.07) is 1.80. The third-order valence-electron chi connectivity index (χ3n) is 1.72. The predicted molar refractivity (Wildman–Crippen MR) is 56.4 cm³/mol. The van der Waals surface area contributed by atoms with Gasteiger partial charge in [-0.1, -0.05) is 17.3 Å². The number of azide groups is 1. The summed E-state index contributed by atoms with van der Waals surface area (Å²) in [5, 5.41) is 3.38. The molecule has 0 spiro atoms. The van der Waals surface area contributed by atoms with Crippen molar-refractivity contribution in [3.63, 3.8) is 0 Å². The lowest BCUT2D eigenvalue weighted by Gasteiger charge is -1.99. The lowest BCUT2D eigenvalue weighted by Crippen LogP contribution is -1.92. The molecule has 1 aromatic heterocycles. The summed E-state index contributed by atoms with van der Waals surface area (Å²) in [5.41, 5.74) is 15.6. The zero-order valence-corrected chi connectivity index (χ0v) is 7.88. The number of hydrogen-bond acceptors (Lipinski definition) is 3. The Balaban J connectivity index is 2.76. The molecule has 1 heterocycles. The first-order valence-electron chi connectivity index (χ1n) is 4.13. The van der Waals surface area contributed by atoms with Crippen LogP contribution in [0.5, 0.6) is 0 Å². The van der Waals surface area contributed by atoms with Gasteiger partial charge in [0.2, 0.25) is 0 Å². The molecule has 0 aromatic carbocycles. The monoisotopic (exact) mass is 189 g/mol. The van der Waals surface area contributed by atoms with Crippen LogP contribution in [-0.2, 0) is 0 Å². The van der Waals surface area contributed by atoms with Crippen LogP contribution in [0.4, 0.5) is 5.82 Å². The molecule has 0 amide bonds. The van der Waals surface area contributed by atoms with Crippen molar-refractivity contribution in [2.45, 2.75) is 6.92 Å². The summed E-state index contributed by atoms with van der Waals surface area (Å²) < 4.78 is 0. The van der Waals surface area contributed by atoms with E-state index in [9.17, 15) is 0 Å². The molecule has 0 radical (unpaired) electrons. The summed E-state index contributed by atoms with van der Waals surface area (Å²) in [7, 11) is 0. The van der Waals surface area contributed by atoms with Gasteiger partial charge in [-0.05, 0) is 29.6 Å². The van der Waals surface area contributed by atoms with E-state index in [1.54, 1.807) is 18.3 Å². The lowest BCUT2D eigenvalue weighted by molar-refractivity contribution is 1.21. The average molecular weight is 189 g/mol. The van der Waals surface area contributed by atoms with E-state index in [1.165, 1.54) is 0 Å². The van der Waals surface area contributed by atoms with Gasteiger partial charge in [0.1, 0.15) is 5.82 Å². The van der Waals surface area contributed by atoms with Crippen LogP contribution in [-0.4, -0.2) is 11.5 Å². The van der Waals surface area contributed by atoms with Crippen molar-refractivity contribution in [2.24, 2.45) is 5.11 Å². The van der Waals surface area contributed by atoms with Gasteiger partial charge in [-0.25, -0.2) is 4.98 Å². The number of hydrogen-bond donors (Lipinski definition) is 1. The first kappa shape index (κ1) is 10.1. The van der Waals surface area contributed by atoms with Gasteiger partial charge in [0.15, 0.2) is 0 Å². The van der Waals surface area contributed by atoms with Gasteiger partial charge in [-0.2, -0.15) is 0 Å². The molecule has 5 nitrogen and oxygen atoms in total. The van der Waals surface area contributed by atoms with Crippen LogP contribution in [0.1, 0.15) is 11.1 Å². The Labute approximate surface area is 81.9 Å². The number of aromatic nitrogens is 1. The molecule has 0 aliphatic rings. The van der Waals surface area contributed by atoms with Crippen molar-refractivity contribution in [1.82, 2.24) is 4.98 Å². The Morgan fingerprint density at radius 1 is 1.71 bits per heavy atom. The molecule has 0 aliphatic carbocycles. The van der Waals surface area contributed by atoms with Gasteiger partial charge in [0.05, 0.1) is 0 Å². The molecular formula is C9H11N5. The third kappa shape index (κ3) is 2.80. The Hall–Kier alpha value is -2.00. The normalized spacial score (nSPS) is 10.1. The van der Waals surface area contributed by atoms with Gasteiger partial charge >= 0.3 is 0 Å². The van der Waals surface area contributed by atoms with Crippen LogP contribution in [0, 0.1) is 6.92 Å². The van der Waals surface area contributed by atoms with E-state index in [-0.39, 0.29) is 0 Å². The van der Waals surface area contributed by atoms with Gasteiger partial charge in [0.25, 0.3) is 0 Å². The van der Waals surface area contributed by atoms with Crippen LogP contribution in [0.25, 0.3) is 16.5 Å². The fraction of sp³-hybridized carbons (Fsp3) is 0.222. The van der Waals surface area contributed by atoms with Crippen molar-refractivity contribution in [3.8, 4) is 0 Å². The van der Waals surface area contributed by atoms with E-state index in [1.807, 2.05) is 13.0 Å². The van der Waals surface area contributed by atoms with Gasteiger partial charge < -0.3 is 5.73 Å². The zero-order chi connectivity index (χ0) is 10.4. The SMILES string of the molecule is Cc1cc(N)ncc1C=CCN=[N+]=[N-]. The third-order valence-corrected chi connectivity index (χ3v) is 1.72. The van der Waals surface area contributed by atoms with Gasteiger partial charge in [-0.15, -0.1) is 0 Å². The van der Waals surface area contributed by atoms with Crippen molar-refractivity contribution >= 4 is 11.9 Å². The predicted octanol–water partition coefficient (Wildman–Crippen LogP) is 2.30. The van der Waals surface area contributed by atoms with Crippen molar-refractivity contribution in [2.75, 3.05) is 12.3 Å². The van der Waals surface area contributed by atoms with Crippen LogP contribution in [0.3, 0.4) is 0 Å². The quantitative estimate of drug-likeness (QED) is 0.449. The van der Waals surface area contributed by atoms with E-state index in [2.05, 4.69) is 15.0 Å². The average Bonchev–Trinajstić information content (AvgIpc) is 2.15. The zero-order valence-electron chi connectivity index (χ0n) is 7.88. The molecule has 14 heavy (non-hydrogen) atoms. The van der Waals surface area contributed by atoms with E-state index < -0.39 is 0 Å². The maximum atomic E-state index is 8.05. The molecule has 0 aliphatic heterocycles. The summed E-state index contributed by atoms with van der Waals surface area (Å²) in [5.74, 6) is 0.509. The topological polar surface area (TPSA) is 87.7 Å². The lowest BCUT2D eigenvalue weighted by atomic mass is 10.1. The van der Waals surface area contributed by atoms with Crippen molar-refractivity contribution in [3.05, 3.63) is 39.9 Å². The van der Waals surface area contributed by atoms with E-state index in [0.717, 1.165) is 11.1 Å². The number of aryl methyl sites for hydroxylation is 1. The second kappa shape index (κ2) is 4.89. The van der Waals surface area contributed by atoms with Crippen molar-refractivity contribution < 1.29 is 0 Å². The molecule has 1 aromatic rings. The Morgan fingerprint density at radius 2 is 2.50 bits per heavy atom. The standard InChI is InChI=1S/C9H11N5/c1-7-5-9(10)12-6-8(7)3-2-4-13-14-11/h2-3,5-6H,4H2,1H3,(H2,10,12). The summed E-state index contributed by atoms with van der Waals surface area (Å²) in [6.07, 6.45) is 5.33. The number of nitrogens with zero attached hydrogens (tertiary/aromatic N) is 4. The van der Waals surface area contributed by atoms with Crippen LogP contribution in [0.2, 0.25) is 0 Å². The highest BCUT2D eigenvalue weighted by Gasteiger charge is 1.94. The number of nitrogen functional groups attached to an aromatic ring is 1. The highest BCUT2D eigenvalue weighted by Crippen LogP contribution is 2.10. The fourth-order valence-electron chi connectivity index (χ4n) is 1.03. The minimum absolute atomic E-state index is 0.348. The summed E-state index contributed by atoms with van der Waals surface area (Å²) in [6.45, 7) is 2.30. The molecule has 5 heteroatoms. The van der Waals surface area contributed by atoms with Crippen LogP contribution < -0.4 is 5.73 Å². The summed E-state index contributed by atoms with van der Waals surface area (Å²) in [4.78, 5) is 6.60.